The minimum absolute atomic E-state index is 0.256. The molecule has 2 aromatic carbocycles. The van der Waals surface area contributed by atoms with Gasteiger partial charge in [-0.1, -0.05) is 29.8 Å². The van der Waals surface area contributed by atoms with Gasteiger partial charge >= 0.3 is 6.03 Å². The normalized spacial score (nSPS) is 10.5. The summed E-state index contributed by atoms with van der Waals surface area (Å²) in [5.74, 6) is 0.0342. The molecule has 5 nitrogen and oxygen atoms in total. The van der Waals surface area contributed by atoms with Crippen molar-refractivity contribution in [3.05, 3.63) is 75.6 Å². The zero-order chi connectivity index (χ0) is 17.8. The van der Waals surface area contributed by atoms with E-state index < -0.39 is 6.03 Å². The Morgan fingerprint density at radius 1 is 1.16 bits per heavy atom. The number of halogens is 3. The van der Waals surface area contributed by atoms with E-state index in [1.807, 2.05) is 0 Å². The number of hydrogen-bond acceptors (Lipinski definition) is 2. The lowest BCUT2D eigenvalue weighted by Gasteiger charge is -2.06. The van der Waals surface area contributed by atoms with E-state index in [4.69, 9.17) is 11.6 Å². The molecule has 0 bridgehead atoms. The van der Waals surface area contributed by atoms with Crippen LogP contribution in [0.3, 0.4) is 0 Å². The Kier molecular flexibility index (Phi) is 5.35. The topological polar surface area (TPSA) is 59.0 Å². The van der Waals surface area contributed by atoms with Gasteiger partial charge in [-0.05, 0) is 46.3 Å². The highest BCUT2D eigenvalue weighted by Crippen LogP contribution is 2.22. The first-order valence-electron chi connectivity index (χ1n) is 7.31. The van der Waals surface area contributed by atoms with E-state index >= 15 is 0 Å². The smallest absolute Gasteiger partial charge is 0.308 e. The predicted octanol–water partition coefficient (Wildman–Crippen LogP) is 5.13. The summed E-state index contributed by atoms with van der Waals surface area (Å²) in [5, 5.41) is 10.1. The molecule has 3 aromatic rings. The van der Waals surface area contributed by atoms with E-state index in [2.05, 4.69) is 31.7 Å². The molecular weight excluding hydrogens is 411 g/mol. The maximum absolute atomic E-state index is 13.7. The minimum atomic E-state index is -0.445. The lowest BCUT2D eigenvalue weighted by atomic mass is 10.2. The average molecular weight is 424 g/mol. The Bertz CT molecular complexity index is 898. The van der Waals surface area contributed by atoms with Crippen LogP contribution in [0.25, 0.3) is 0 Å². The second-order valence-corrected chi connectivity index (χ2v) is 6.49. The molecule has 0 spiro atoms. The largest absolute Gasteiger partial charge is 0.324 e. The van der Waals surface area contributed by atoms with Crippen molar-refractivity contribution in [2.24, 2.45) is 0 Å². The molecule has 0 unspecified atom stereocenters. The van der Waals surface area contributed by atoms with Gasteiger partial charge < -0.3 is 5.32 Å². The first kappa shape index (κ1) is 17.4. The fourth-order valence-electron chi connectivity index (χ4n) is 2.17. The number of anilines is 2. The third-order valence-corrected chi connectivity index (χ3v) is 4.17. The van der Waals surface area contributed by atoms with Gasteiger partial charge in [0.05, 0.1) is 11.0 Å². The molecule has 0 saturated heterocycles. The number of carbonyl (C=O) groups is 1. The molecule has 2 amide bonds. The van der Waals surface area contributed by atoms with Gasteiger partial charge in [-0.25, -0.2) is 9.18 Å². The number of nitrogens with one attached hydrogen (secondary N) is 2. The third-order valence-electron chi connectivity index (χ3n) is 3.34. The third kappa shape index (κ3) is 4.58. The maximum atomic E-state index is 13.7. The molecule has 0 radical (unpaired) electrons. The summed E-state index contributed by atoms with van der Waals surface area (Å²) in [5.41, 5.74) is 1.11. The van der Waals surface area contributed by atoms with Crippen molar-refractivity contribution in [3.8, 4) is 0 Å². The van der Waals surface area contributed by atoms with Crippen molar-refractivity contribution < 1.29 is 9.18 Å². The fourth-order valence-corrected chi connectivity index (χ4v) is 2.71. The van der Waals surface area contributed by atoms with Gasteiger partial charge in [0, 0.05) is 22.5 Å². The van der Waals surface area contributed by atoms with Crippen LogP contribution in [-0.2, 0) is 6.54 Å². The quantitative estimate of drug-likeness (QED) is 0.611. The molecule has 0 aliphatic heterocycles. The first-order chi connectivity index (χ1) is 12.0. The molecule has 3 rings (SSSR count). The first-order valence-corrected chi connectivity index (χ1v) is 8.48. The summed E-state index contributed by atoms with van der Waals surface area (Å²) < 4.78 is 15.9. The van der Waals surface area contributed by atoms with E-state index in [0.29, 0.717) is 26.6 Å². The highest BCUT2D eigenvalue weighted by molar-refractivity contribution is 9.10. The highest BCUT2D eigenvalue weighted by Gasteiger charge is 2.12. The van der Waals surface area contributed by atoms with Crippen molar-refractivity contribution >= 4 is 45.1 Å². The molecule has 2 N–H and O–H groups in total. The molecule has 0 aliphatic rings. The number of nitrogens with zero attached hydrogens (tertiary/aromatic N) is 2. The van der Waals surface area contributed by atoms with Gasteiger partial charge in [-0.3, -0.25) is 10.00 Å². The monoisotopic (exact) mass is 422 g/mol. The van der Waals surface area contributed by atoms with Crippen molar-refractivity contribution in [1.29, 1.82) is 0 Å². The lowest BCUT2D eigenvalue weighted by Crippen LogP contribution is -2.20. The van der Waals surface area contributed by atoms with E-state index in [1.165, 1.54) is 6.07 Å². The van der Waals surface area contributed by atoms with Crippen molar-refractivity contribution in [1.82, 2.24) is 9.78 Å². The minimum Gasteiger partial charge on any atom is -0.308 e. The van der Waals surface area contributed by atoms with Crippen molar-refractivity contribution in [3.63, 3.8) is 0 Å². The Balaban J connectivity index is 1.67. The second-order valence-electron chi connectivity index (χ2n) is 5.20. The zero-order valence-corrected chi connectivity index (χ0v) is 15.2. The summed E-state index contributed by atoms with van der Waals surface area (Å²) in [6, 6.07) is 12.8. The van der Waals surface area contributed by atoms with Gasteiger partial charge in [-0.2, -0.15) is 5.10 Å². The van der Waals surface area contributed by atoms with Crippen LogP contribution in [0, 0.1) is 5.82 Å². The van der Waals surface area contributed by atoms with E-state index in [-0.39, 0.29) is 12.4 Å². The fraction of sp³-hybridized carbons (Fsp3) is 0.0588. The van der Waals surface area contributed by atoms with Crippen LogP contribution in [0.5, 0.6) is 0 Å². The van der Waals surface area contributed by atoms with E-state index in [1.54, 1.807) is 53.3 Å². The molecule has 0 aliphatic carbocycles. The zero-order valence-electron chi connectivity index (χ0n) is 12.8. The molecule has 1 aromatic heterocycles. The molecule has 1 heterocycles. The summed E-state index contributed by atoms with van der Waals surface area (Å²) in [4.78, 5) is 12.1. The van der Waals surface area contributed by atoms with Crippen LogP contribution >= 0.6 is 27.5 Å². The maximum Gasteiger partial charge on any atom is 0.324 e. The van der Waals surface area contributed by atoms with Gasteiger partial charge in [0.1, 0.15) is 5.82 Å². The molecule has 0 atom stereocenters. The van der Waals surface area contributed by atoms with Gasteiger partial charge in [0.15, 0.2) is 5.82 Å². The predicted molar refractivity (Wildman–Crippen MR) is 99.5 cm³/mol. The van der Waals surface area contributed by atoms with Crippen molar-refractivity contribution in [2.75, 3.05) is 10.6 Å². The highest BCUT2D eigenvalue weighted by atomic mass is 79.9. The van der Waals surface area contributed by atoms with Crippen LogP contribution in [-0.4, -0.2) is 15.8 Å². The lowest BCUT2D eigenvalue weighted by molar-refractivity contribution is 0.262. The van der Waals surface area contributed by atoms with Crippen LogP contribution in [0.15, 0.2) is 59.2 Å². The second kappa shape index (κ2) is 7.67. The molecule has 0 saturated carbocycles. The Morgan fingerprint density at radius 3 is 2.60 bits per heavy atom. The van der Waals surface area contributed by atoms with Crippen LogP contribution in [0.1, 0.15) is 5.56 Å². The molecule has 25 heavy (non-hydrogen) atoms. The molecular formula is C17H13BrClFN4O. The number of aromatic nitrogens is 2. The molecule has 8 heteroatoms. The Hall–Kier alpha value is -2.38. The number of hydrogen-bond donors (Lipinski definition) is 2. The number of amides is 2. The number of urea groups is 1. The van der Waals surface area contributed by atoms with Crippen LogP contribution in [0.2, 0.25) is 5.02 Å². The van der Waals surface area contributed by atoms with E-state index in [9.17, 15) is 9.18 Å². The van der Waals surface area contributed by atoms with Crippen molar-refractivity contribution in [2.45, 2.75) is 6.54 Å². The average Bonchev–Trinajstić information content (AvgIpc) is 2.91. The Morgan fingerprint density at radius 2 is 1.88 bits per heavy atom. The van der Waals surface area contributed by atoms with Gasteiger partial charge in [-0.15, -0.1) is 0 Å². The summed E-state index contributed by atoms with van der Waals surface area (Å²) >= 11 is 9.14. The SMILES string of the molecule is O=C(Nc1ccc(Cl)cc1)Nc1nn(Cc2ccccc2F)cc1Br. The standard InChI is InChI=1S/C17H13BrClFN4O/c18-14-10-24(9-11-3-1-2-4-15(11)20)23-16(14)22-17(25)21-13-7-5-12(19)6-8-13/h1-8,10H,9H2,(H2,21,22,23,25). The summed E-state index contributed by atoms with van der Waals surface area (Å²) in [7, 11) is 0. The molecule has 128 valence electrons. The number of carbonyl (C=O) groups excluding carboxylic acids is 1. The van der Waals surface area contributed by atoms with Gasteiger partial charge in [0.25, 0.3) is 0 Å². The van der Waals surface area contributed by atoms with Crippen LogP contribution in [0.4, 0.5) is 20.7 Å². The van der Waals surface area contributed by atoms with Crippen LogP contribution < -0.4 is 10.6 Å². The van der Waals surface area contributed by atoms with Gasteiger partial charge in [0.2, 0.25) is 0 Å². The van der Waals surface area contributed by atoms with E-state index in [0.717, 1.165) is 0 Å². The number of benzene rings is 2. The Labute approximate surface area is 156 Å². The number of rotatable bonds is 4. The summed E-state index contributed by atoms with van der Waals surface area (Å²) in [6.07, 6.45) is 1.67. The summed E-state index contributed by atoms with van der Waals surface area (Å²) in [6.45, 7) is 0.256. The molecule has 0 fully saturated rings.